The Labute approximate surface area is 196 Å². The number of ether oxygens (including phenoxy) is 2. The molecule has 0 saturated carbocycles. The summed E-state index contributed by atoms with van der Waals surface area (Å²) in [5.41, 5.74) is 2.26. The van der Waals surface area contributed by atoms with Crippen LogP contribution in [0.3, 0.4) is 0 Å². The van der Waals surface area contributed by atoms with Crippen molar-refractivity contribution in [2.45, 2.75) is 36.6 Å². The number of hydrogen-bond donors (Lipinski definition) is 0. The molecular formula is C26H34N2O3S. The third kappa shape index (κ3) is 6.27. The highest BCUT2D eigenvalue weighted by Gasteiger charge is 2.30. The van der Waals surface area contributed by atoms with E-state index in [0.29, 0.717) is 13.0 Å². The maximum Gasteiger partial charge on any atom is 0.227 e. The summed E-state index contributed by atoms with van der Waals surface area (Å²) < 4.78 is 11.5. The van der Waals surface area contributed by atoms with Gasteiger partial charge in [-0.15, -0.1) is 11.8 Å². The molecule has 2 aromatic rings. The number of likely N-dealkylation sites (tertiary alicyclic amines) is 1. The van der Waals surface area contributed by atoms with Crippen LogP contribution in [0.2, 0.25) is 0 Å². The fourth-order valence-electron chi connectivity index (χ4n) is 4.55. The van der Waals surface area contributed by atoms with E-state index in [0.717, 1.165) is 70.0 Å². The highest BCUT2D eigenvalue weighted by Crippen LogP contribution is 2.34. The minimum atomic E-state index is 0.143. The van der Waals surface area contributed by atoms with Crippen molar-refractivity contribution in [3.63, 3.8) is 0 Å². The van der Waals surface area contributed by atoms with Crippen molar-refractivity contribution >= 4 is 17.7 Å². The average molecular weight is 455 g/mol. The lowest BCUT2D eigenvalue weighted by Crippen LogP contribution is -2.37. The SMILES string of the molecule is CSc1ccc(CC(=O)N2CCCC2c2cccc(OCCCN3CCOCC3)c2)cc1. The topological polar surface area (TPSA) is 42.0 Å². The van der Waals surface area contributed by atoms with E-state index in [-0.39, 0.29) is 11.9 Å². The summed E-state index contributed by atoms with van der Waals surface area (Å²) in [5, 5.41) is 0. The molecule has 2 fully saturated rings. The molecule has 0 aliphatic carbocycles. The van der Waals surface area contributed by atoms with Gasteiger partial charge < -0.3 is 14.4 Å². The van der Waals surface area contributed by atoms with E-state index in [2.05, 4.69) is 58.5 Å². The quantitative estimate of drug-likeness (QED) is 0.415. The van der Waals surface area contributed by atoms with Crippen LogP contribution in [0.15, 0.2) is 53.4 Å². The molecule has 0 radical (unpaired) electrons. The van der Waals surface area contributed by atoms with Gasteiger partial charge in [0, 0.05) is 31.1 Å². The molecule has 2 heterocycles. The first-order valence-corrected chi connectivity index (χ1v) is 12.9. The van der Waals surface area contributed by atoms with E-state index in [1.54, 1.807) is 11.8 Å². The fraction of sp³-hybridized carbons (Fsp3) is 0.500. The Morgan fingerprint density at radius 3 is 2.72 bits per heavy atom. The number of morpholine rings is 1. The number of carbonyl (C=O) groups excluding carboxylic acids is 1. The van der Waals surface area contributed by atoms with E-state index in [1.807, 2.05) is 6.07 Å². The lowest BCUT2D eigenvalue weighted by molar-refractivity contribution is -0.131. The summed E-state index contributed by atoms with van der Waals surface area (Å²) in [6, 6.07) is 16.8. The van der Waals surface area contributed by atoms with Crippen molar-refractivity contribution in [3.8, 4) is 5.75 Å². The zero-order chi connectivity index (χ0) is 22.2. The molecule has 0 aromatic heterocycles. The molecule has 2 aliphatic heterocycles. The van der Waals surface area contributed by atoms with Crippen LogP contribution in [-0.2, 0) is 16.0 Å². The van der Waals surface area contributed by atoms with Crippen LogP contribution in [-0.4, -0.2) is 68.0 Å². The number of hydrogen-bond acceptors (Lipinski definition) is 5. The molecule has 32 heavy (non-hydrogen) atoms. The molecule has 1 amide bonds. The van der Waals surface area contributed by atoms with Crippen LogP contribution in [0, 0.1) is 0 Å². The standard InChI is InChI=1S/C26H34N2O3S/c1-32-24-10-8-21(9-11-24)19-26(29)28-13-3-7-25(28)22-5-2-6-23(20-22)31-16-4-12-27-14-17-30-18-15-27/h2,5-6,8-11,20,25H,3-4,7,12-19H2,1H3. The van der Waals surface area contributed by atoms with E-state index in [9.17, 15) is 4.79 Å². The van der Waals surface area contributed by atoms with E-state index >= 15 is 0 Å². The average Bonchev–Trinajstić information content (AvgIpc) is 3.34. The Balaban J connectivity index is 1.31. The molecule has 2 aromatic carbocycles. The molecule has 0 spiro atoms. The summed E-state index contributed by atoms with van der Waals surface area (Å²) in [4.78, 5) is 18.8. The van der Waals surface area contributed by atoms with Crippen LogP contribution in [0.1, 0.15) is 36.4 Å². The van der Waals surface area contributed by atoms with Crippen molar-refractivity contribution < 1.29 is 14.3 Å². The lowest BCUT2D eigenvalue weighted by atomic mass is 10.0. The maximum absolute atomic E-state index is 13.1. The summed E-state index contributed by atoms with van der Waals surface area (Å²) in [5.74, 6) is 1.11. The monoisotopic (exact) mass is 454 g/mol. The smallest absolute Gasteiger partial charge is 0.227 e. The third-order valence-electron chi connectivity index (χ3n) is 6.32. The second-order valence-corrected chi connectivity index (χ2v) is 9.38. The van der Waals surface area contributed by atoms with Gasteiger partial charge in [0.25, 0.3) is 0 Å². The van der Waals surface area contributed by atoms with Gasteiger partial charge >= 0.3 is 0 Å². The van der Waals surface area contributed by atoms with E-state index < -0.39 is 0 Å². The number of nitrogens with zero attached hydrogens (tertiary/aromatic N) is 2. The Hall–Kier alpha value is -2.02. The predicted molar refractivity (Wildman–Crippen MR) is 129 cm³/mol. The van der Waals surface area contributed by atoms with E-state index in [4.69, 9.17) is 9.47 Å². The van der Waals surface area contributed by atoms with Crippen molar-refractivity contribution in [2.24, 2.45) is 0 Å². The van der Waals surface area contributed by atoms with E-state index in [1.165, 1.54) is 10.5 Å². The number of amides is 1. The van der Waals surface area contributed by atoms with Crippen LogP contribution in [0.5, 0.6) is 5.75 Å². The summed E-state index contributed by atoms with van der Waals surface area (Å²) in [6.07, 6.45) is 5.59. The van der Waals surface area contributed by atoms with Gasteiger partial charge in [-0.25, -0.2) is 0 Å². The molecule has 1 atom stereocenters. The fourth-order valence-corrected chi connectivity index (χ4v) is 4.95. The van der Waals surface area contributed by atoms with Crippen LogP contribution >= 0.6 is 11.8 Å². The third-order valence-corrected chi connectivity index (χ3v) is 7.07. The minimum Gasteiger partial charge on any atom is -0.494 e. The van der Waals surface area contributed by atoms with Gasteiger partial charge in [0.05, 0.1) is 32.3 Å². The van der Waals surface area contributed by atoms with Crippen LogP contribution < -0.4 is 4.74 Å². The van der Waals surface area contributed by atoms with Crippen molar-refractivity contribution in [1.82, 2.24) is 9.80 Å². The van der Waals surface area contributed by atoms with Gasteiger partial charge in [-0.1, -0.05) is 24.3 Å². The lowest BCUT2D eigenvalue weighted by Gasteiger charge is -2.26. The molecule has 172 valence electrons. The van der Waals surface area contributed by atoms with Gasteiger partial charge in [-0.05, 0) is 60.9 Å². The second kappa shape index (κ2) is 11.7. The number of thioether (sulfide) groups is 1. The highest BCUT2D eigenvalue weighted by molar-refractivity contribution is 7.98. The predicted octanol–water partition coefficient (Wildman–Crippen LogP) is 4.42. The van der Waals surface area contributed by atoms with Crippen molar-refractivity contribution in [2.75, 3.05) is 52.3 Å². The molecule has 1 unspecified atom stereocenters. The minimum absolute atomic E-state index is 0.143. The normalized spacial score (nSPS) is 19.3. The first-order valence-electron chi connectivity index (χ1n) is 11.7. The zero-order valence-electron chi connectivity index (χ0n) is 19.0. The van der Waals surface area contributed by atoms with Gasteiger partial charge in [0.1, 0.15) is 5.75 Å². The molecule has 4 rings (SSSR count). The van der Waals surface area contributed by atoms with Gasteiger partial charge in [-0.3, -0.25) is 9.69 Å². The Kier molecular flexibility index (Phi) is 8.49. The van der Waals surface area contributed by atoms with Gasteiger partial charge in [0.15, 0.2) is 0 Å². The highest BCUT2D eigenvalue weighted by atomic mass is 32.2. The maximum atomic E-state index is 13.1. The van der Waals surface area contributed by atoms with Gasteiger partial charge in [-0.2, -0.15) is 0 Å². The summed E-state index contributed by atoms with van der Waals surface area (Å²) >= 11 is 1.72. The molecule has 2 saturated heterocycles. The molecular weight excluding hydrogens is 420 g/mol. The van der Waals surface area contributed by atoms with Crippen molar-refractivity contribution in [1.29, 1.82) is 0 Å². The Bertz CT molecular complexity index is 868. The molecule has 6 heteroatoms. The van der Waals surface area contributed by atoms with Crippen molar-refractivity contribution in [3.05, 3.63) is 59.7 Å². The Morgan fingerprint density at radius 1 is 1.12 bits per heavy atom. The number of benzene rings is 2. The van der Waals surface area contributed by atoms with Crippen LogP contribution in [0.4, 0.5) is 0 Å². The number of rotatable bonds is 9. The number of carbonyl (C=O) groups is 1. The Morgan fingerprint density at radius 2 is 1.94 bits per heavy atom. The second-order valence-electron chi connectivity index (χ2n) is 8.50. The largest absolute Gasteiger partial charge is 0.494 e. The van der Waals surface area contributed by atoms with Crippen LogP contribution in [0.25, 0.3) is 0 Å². The molecule has 2 aliphatic rings. The summed E-state index contributed by atoms with van der Waals surface area (Å²) in [6.45, 7) is 6.29. The molecule has 0 N–H and O–H groups in total. The van der Waals surface area contributed by atoms with Gasteiger partial charge in [0.2, 0.25) is 5.91 Å². The zero-order valence-corrected chi connectivity index (χ0v) is 19.8. The molecule has 5 nitrogen and oxygen atoms in total. The summed E-state index contributed by atoms with van der Waals surface area (Å²) in [7, 11) is 0. The first kappa shape index (κ1) is 23.1. The first-order chi connectivity index (χ1) is 15.7. The molecule has 0 bridgehead atoms.